The number of aldehydes is 1. The van der Waals surface area contributed by atoms with Crippen molar-refractivity contribution in [1.82, 2.24) is 9.80 Å². The molecular weight excluding hydrogens is 546 g/mol. The predicted octanol–water partition coefficient (Wildman–Crippen LogP) is 8.02. The van der Waals surface area contributed by atoms with E-state index in [4.69, 9.17) is 4.74 Å². The highest BCUT2D eigenvalue weighted by Crippen LogP contribution is 2.34. The summed E-state index contributed by atoms with van der Waals surface area (Å²) in [5.41, 5.74) is 5.07. The van der Waals surface area contributed by atoms with E-state index >= 15 is 0 Å². The molecule has 0 N–H and O–H groups in total. The molecule has 2 unspecified atom stereocenters. The Hall–Kier alpha value is -2.70. The fourth-order valence-electron chi connectivity index (χ4n) is 5.48. The number of ether oxygens (including phenoxy) is 1. The molecule has 248 valence electrons. The molecule has 2 aromatic rings. The number of fused-ring (bicyclic) bond motifs is 1. The lowest BCUT2D eigenvalue weighted by Crippen LogP contribution is -2.25. The first-order valence-corrected chi connectivity index (χ1v) is 17.1. The molecule has 2 atom stereocenters. The summed E-state index contributed by atoms with van der Waals surface area (Å²) < 4.78 is 5.65. The molecule has 2 aromatic carbocycles. The predicted molar refractivity (Wildman–Crippen MR) is 188 cm³/mol. The van der Waals surface area contributed by atoms with Gasteiger partial charge in [0.1, 0.15) is 12.0 Å². The summed E-state index contributed by atoms with van der Waals surface area (Å²) in [6.45, 7) is 16.1. The van der Waals surface area contributed by atoms with Gasteiger partial charge in [0.2, 0.25) is 6.41 Å². The molecule has 0 aliphatic carbocycles. The fourth-order valence-corrected chi connectivity index (χ4v) is 5.48. The Balaban J connectivity index is 0.000000505. The van der Waals surface area contributed by atoms with Crippen LogP contribution in [0.5, 0.6) is 5.75 Å². The Morgan fingerprint density at radius 1 is 0.909 bits per heavy atom. The molecule has 1 aliphatic rings. The van der Waals surface area contributed by atoms with Gasteiger partial charge in [-0.3, -0.25) is 4.79 Å². The SMILES string of the molecule is CCC=O.CCCCN(C)CCCN(C)C.CCc1ccccc1N(C=O)CCC(C)CC(CC)c1ccc2c(c1)CCO2. The molecule has 0 saturated carbocycles. The minimum Gasteiger partial charge on any atom is -0.493 e. The molecular formula is C38H63N3O3. The minimum atomic E-state index is 0.561. The summed E-state index contributed by atoms with van der Waals surface area (Å²) >= 11 is 0. The largest absolute Gasteiger partial charge is 0.493 e. The highest BCUT2D eigenvalue weighted by molar-refractivity contribution is 5.76. The van der Waals surface area contributed by atoms with Crippen LogP contribution in [0.3, 0.4) is 0 Å². The maximum absolute atomic E-state index is 11.7. The quantitative estimate of drug-likeness (QED) is 0.160. The highest BCUT2D eigenvalue weighted by Gasteiger charge is 2.19. The molecule has 1 amide bonds. The van der Waals surface area contributed by atoms with E-state index in [-0.39, 0.29) is 0 Å². The molecule has 0 aromatic heterocycles. The van der Waals surface area contributed by atoms with Gasteiger partial charge in [-0.15, -0.1) is 0 Å². The topological polar surface area (TPSA) is 53.1 Å². The molecule has 6 nitrogen and oxygen atoms in total. The summed E-state index contributed by atoms with van der Waals surface area (Å²) in [6.07, 6.45) is 11.7. The number of anilines is 1. The van der Waals surface area contributed by atoms with Crippen molar-refractivity contribution in [3.63, 3.8) is 0 Å². The summed E-state index contributed by atoms with van der Waals surface area (Å²) in [7, 11) is 6.48. The molecule has 0 spiro atoms. The van der Waals surface area contributed by atoms with Crippen LogP contribution in [-0.2, 0) is 22.4 Å². The number of hydrogen-bond donors (Lipinski definition) is 0. The molecule has 3 rings (SSSR count). The normalized spacial score (nSPS) is 13.1. The van der Waals surface area contributed by atoms with Crippen molar-refractivity contribution < 1.29 is 14.3 Å². The van der Waals surface area contributed by atoms with Crippen LogP contribution in [0.25, 0.3) is 0 Å². The fraction of sp³-hybridized carbons (Fsp3) is 0.632. The van der Waals surface area contributed by atoms with E-state index in [1.807, 2.05) is 24.0 Å². The van der Waals surface area contributed by atoms with E-state index in [1.165, 1.54) is 55.6 Å². The summed E-state index contributed by atoms with van der Waals surface area (Å²) in [5, 5.41) is 0. The van der Waals surface area contributed by atoms with Crippen LogP contribution >= 0.6 is 0 Å². The summed E-state index contributed by atoms with van der Waals surface area (Å²) in [6, 6.07) is 14.9. The average Bonchev–Trinajstić information content (AvgIpc) is 3.51. The molecule has 44 heavy (non-hydrogen) atoms. The molecule has 6 heteroatoms. The van der Waals surface area contributed by atoms with E-state index in [9.17, 15) is 9.59 Å². The van der Waals surface area contributed by atoms with Gasteiger partial charge in [-0.2, -0.15) is 0 Å². The third-order valence-corrected chi connectivity index (χ3v) is 8.24. The number of para-hydroxylation sites is 1. The van der Waals surface area contributed by atoms with Gasteiger partial charge < -0.3 is 24.2 Å². The lowest BCUT2D eigenvalue weighted by atomic mass is 9.85. The Morgan fingerprint density at radius 2 is 1.61 bits per heavy atom. The van der Waals surface area contributed by atoms with E-state index in [0.29, 0.717) is 18.3 Å². The number of rotatable bonds is 18. The van der Waals surface area contributed by atoms with Crippen LogP contribution < -0.4 is 9.64 Å². The number of nitrogens with zero attached hydrogens (tertiary/aromatic N) is 3. The first-order valence-electron chi connectivity index (χ1n) is 17.1. The van der Waals surface area contributed by atoms with Crippen molar-refractivity contribution in [3.05, 3.63) is 59.2 Å². The van der Waals surface area contributed by atoms with E-state index in [1.54, 1.807) is 0 Å². The number of amides is 1. The number of aryl methyl sites for hydroxylation is 1. The minimum absolute atomic E-state index is 0.561. The Morgan fingerprint density at radius 3 is 2.23 bits per heavy atom. The first-order chi connectivity index (χ1) is 21.2. The van der Waals surface area contributed by atoms with E-state index in [2.05, 4.69) is 89.0 Å². The summed E-state index contributed by atoms with van der Waals surface area (Å²) in [4.78, 5) is 27.4. The average molecular weight is 610 g/mol. The lowest BCUT2D eigenvalue weighted by molar-refractivity contribution is -0.108. The highest BCUT2D eigenvalue weighted by atomic mass is 16.5. The van der Waals surface area contributed by atoms with Gasteiger partial charge >= 0.3 is 0 Å². The number of carbonyl (C=O) groups excluding carboxylic acids is 2. The van der Waals surface area contributed by atoms with Gasteiger partial charge in [0.15, 0.2) is 0 Å². The van der Waals surface area contributed by atoms with Crippen molar-refractivity contribution in [2.45, 2.75) is 98.3 Å². The lowest BCUT2D eigenvalue weighted by Gasteiger charge is -2.24. The maximum atomic E-state index is 11.7. The molecule has 0 saturated heterocycles. The van der Waals surface area contributed by atoms with E-state index < -0.39 is 0 Å². The second-order valence-electron chi connectivity index (χ2n) is 12.4. The number of hydrogen-bond acceptors (Lipinski definition) is 5. The van der Waals surface area contributed by atoms with Gasteiger partial charge in [-0.1, -0.05) is 71.4 Å². The Bertz CT molecular complexity index is 1040. The Labute approximate surface area is 270 Å². The van der Waals surface area contributed by atoms with Gasteiger partial charge in [-0.05, 0) is 120 Å². The van der Waals surface area contributed by atoms with Crippen LogP contribution in [0.4, 0.5) is 5.69 Å². The smallest absolute Gasteiger partial charge is 0.214 e. The molecule has 0 radical (unpaired) electrons. The van der Waals surface area contributed by atoms with Crippen LogP contribution in [0.15, 0.2) is 42.5 Å². The van der Waals surface area contributed by atoms with Crippen LogP contribution in [-0.4, -0.2) is 76.4 Å². The second-order valence-corrected chi connectivity index (χ2v) is 12.4. The number of unbranched alkanes of at least 4 members (excludes halogenated alkanes) is 1. The molecule has 1 aliphatic heterocycles. The maximum Gasteiger partial charge on any atom is 0.214 e. The third kappa shape index (κ3) is 15.3. The van der Waals surface area contributed by atoms with Crippen molar-refractivity contribution >= 4 is 18.4 Å². The van der Waals surface area contributed by atoms with Crippen LogP contribution in [0, 0.1) is 5.92 Å². The van der Waals surface area contributed by atoms with Crippen molar-refractivity contribution in [2.75, 3.05) is 58.8 Å². The zero-order valence-corrected chi connectivity index (χ0v) is 29.3. The first kappa shape index (κ1) is 39.3. The van der Waals surface area contributed by atoms with Crippen molar-refractivity contribution in [1.29, 1.82) is 0 Å². The van der Waals surface area contributed by atoms with Gasteiger partial charge in [0.05, 0.1) is 6.61 Å². The van der Waals surface area contributed by atoms with Gasteiger partial charge in [0.25, 0.3) is 0 Å². The monoisotopic (exact) mass is 609 g/mol. The molecule has 1 heterocycles. The van der Waals surface area contributed by atoms with Crippen molar-refractivity contribution in [3.8, 4) is 5.75 Å². The zero-order chi connectivity index (χ0) is 32.7. The van der Waals surface area contributed by atoms with Crippen LogP contribution in [0.1, 0.15) is 102 Å². The standard InChI is InChI=1S/C25H33NO2.C10H24N2.C3H6O/c1-4-20-8-6-7-9-24(20)26(18-27)14-12-19(3)16-21(5-2)22-10-11-25-23(17-22)13-15-28-25;1-5-6-9-12(4)10-7-8-11(2)3;1-2-3-4/h6-11,17-19,21H,4-5,12-16H2,1-3H3;5-10H2,1-4H3;3H,2H2,1H3. The van der Waals surface area contributed by atoms with Crippen molar-refractivity contribution in [2.24, 2.45) is 5.92 Å². The summed E-state index contributed by atoms with van der Waals surface area (Å²) in [5.74, 6) is 2.18. The number of benzene rings is 2. The van der Waals surface area contributed by atoms with E-state index in [0.717, 1.165) is 69.4 Å². The second kappa shape index (κ2) is 23.7. The Kier molecular flexibility index (Phi) is 21.1. The van der Waals surface area contributed by atoms with Gasteiger partial charge in [-0.25, -0.2) is 0 Å². The third-order valence-electron chi connectivity index (χ3n) is 8.24. The molecule has 0 bridgehead atoms. The van der Waals surface area contributed by atoms with Crippen LogP contribution in [0.2, 0.25) is 0 Å². The molecule has 0 fully saturated rings. The number of carbonyl (C=O) groups is 2. The zero-order valence-electron chi connectivity index (χ0n) is 29.3. The van der Waals surface area contributed by atoms with Gasteiger partial charge in [0, 0.05) is 25.1 Å².